The summed E-state index contributed by atoms with van der Waals surface area (Å²) >= 11 is 12.1. The minimum atomic E-state index is -4.45. The van der Waals surface area contributed by atoms with Gasteiger partial charge in [0.2, 0.25) is 5.91 Å². The van der Waals surface area contributed by atoms with Gasteiger partial charge in [0, 0.05) is 12.6 Å². The van der Waals surface area contributed by atoms with Crippen LogP contribution in [0.25, 0.3) is 11.1 Å². The normalized spacial score (nSPS) is 11.2. The summed E-state index contributed by atoms with van der Waals surface area (Å²) in [6.07, 6.45) is -4.45. The summed E-state index contributed by atoms with van der Waals surface area (Å²) in [6, 6.07) is 15.8. The summed E-state index contributed by atoms with van der Waals surface area (Å²) in [4.78, 5) is 26.6. The van der Waals surface area contributed by atoms with Gasteiger partial charge in [-0.3, -0.25) is 9.59 Å². The van der Waals surface area contributed by atoms with Crippen molar-refractivity contribution in [1.29, 1.82) is 0 Å². The first-order valence-corrected chi connectivity index (χ1v) is 10.1. The van der Waals surface area contributed by atoms with E-state index in [9.17, 15) is 22.8 Å². The van der Waals surface area contributed by atoms with Crippen molar-refractivity contribution in [3.8, 4) is 11.1 Å². The minimum absolute atomic E-state index is 0.242. The standard InChI is InChI=1S/C23H17Cl2F3N2O2/c1-30(13-20(31)29-21-18(24)7-4-8-19(21)25)22(32)17-6-3-2-5-16(17)14-9-11-15(12-10-14)23(26,27)28/h2-12H,13H2,1H3,(H,29,31). The molecule has 0 radical (unpaired) electrons. The molecule has 0 aliphatic rings. The summed E-state index contributed by atoms with van der Waals surface area (Å²) in [6.45, 7) is -0.290. The summed E-state index contributed by atoms with van der Waals surface area (Å²) < 4.78 is 38.5. The molecule has 0 aromatic heterocycles. The molecule has 0 heterocycles. The van der Waals surface area contributed by atoms with Crippen LogP contribution in [-0.4, -0.2) is 30.3 Å². The van der Waals surface area contributed by atoms with Gasteiger partial charge in [0.15, 0.2) is 0 Å². The van der Waals surface area contributed by atoms with Crippen molar-refractivity contribution >= 4 is 40.7 Å². The predicted octanol–water partition coefficient (Wildman–Crippen LogP) is 6.39. The Labute approximate surface area is 192 Å². The zero-order valence-electron chi connectivity index (χ0n) is 16.7. The molecule has 0 spiro atoms. The maximum atomic E-state index is 13.0. The molecule has 166 valence electrons. The van der Waals surface area contributed by atoms with E-state index >= 15 is 0 Å². The Kier molecular flexibility index (Phi) is 7.11. The SMILES string of the molecule is CN(CC(=O)Nc1c(Cl)cccc1Cl)C(=O)c1ccccc1-c1ccc(C(F)(F)F)cc1. The second-order valence-corrected chi connectivity index (χ2v) is 7.74. The summed E-state index contributed by atoms with van der Waals surface area (Å²) in [5, 5.41) is 3.09. The first kappa shape index (κ1) is 23.6. The number of para-hydroxylation sites is 1. The number of likely N-dealkylation sites (N-methyl/N-ethyl adjacent to an activating group) is 1. The molecule has 9 heteroatoms. The first-order valence-electron chi connectivity index (χ1n) is 9.34. The minimum Gasteiger partial charge on any atom is -0.332 e. The van der Waals surface area contributed by atoms with Crippen molar-refractivity contribution in [3.05, 3.63) is 87.9 Å². The molecule has 32 heavy (non-hydrogen) atoms. The Morgan fingerprint density at radius 3 is 2.09 bits per heavy atom. The number of hydrogen-bond donors (Lipinski definition) is 1. The third-order valence-corrected chi connectivity index (χ3v) is 5.27. The fourth-order valence-electron chi connectivity index (χ4n) is 3.05. The molecule has 0 aliphatic carbocycles. The van der Waals surface area contributed by atoms with Gasteiger partial charge >= 0.3 is 6.18 Å². The second kappa shape index (κ2) is 9.63. The molecular weight excluding hydrogens is 464 g/mol. The van der Waals surface area contributed by atoms with E-state index in [1.165, 1.54) is 24.1 Å². The topological polar surface area (TPSA) is 49.4 Å². The lowest BCUT2D eigenvalue weighted by Crippen LogP contribution is -2.35. The van der Waals surface area contributed by atoms with E-state index in [1.807, 2.05) is 0 Å². The third-order valence-electron chi connectivity index (χ3n) is 4.64. The lowest BCUT2D eigenvalue weighted by Gasteiger charge is -2.19. The monoisotopic (exact) mass is 480 g/mol. The number of hydrogen-bond acceptors (Lipinski definition) is 2. The number of benzene rings is 3. The number of amides is 2. The zero-order chi connectivity index (χ0) is 23.5. The number of alkyl halides is 3. The fraction of sp³-hybridized carbons (Fsp3) is 0.130. The maximum Gasteiger partial charge on any atom is 0.416 e. The molecule has 1 N–H and O–H groups in total. The Morgan fingerprint density at radius 2 is 1.50 bits per heavy atom. The molecule has 0 unspecified atom stereocenters. The molecular formula is C23H17Cl2F3N2O2. The summed E-state index contributed by atoms with van der Waals surface area (Å²) in [5.41, 5.74) is 0.609. The number of rotatable bonds is 5. The average Bonchev–Trinajstić information content (AvgIpc) is 2.75. The van der Waals surface area contributed by atoms with Crippen LogP contribution >= 0.6 is 23.2 Å². The van der Waals surface area contributed by atoms with Crippen molar-refractivity contribution in [3.63, 3.8) is 0 Å². The van der Waals surface area contributed by atoms with Gasteiger partial charge in [-0.15, -0.1) is 0 Å². The highest BCUT2D eigenvalue weighted by Crippen LogP contribution is 2.32. The Bertz CT molecular complexity index is 1130. The van der Waals surface area contributed by atoms with Gasteiger partial charge in [0.25, 0.3) is 5.91 Å². The number of anilines is 1. The van der Waals surface area contributed by atoms with Gasteiger partial charge in [0.1, 0.15) is 0 Å². The molecule has 2 amide bonds. The van der Waals surface area contributed by atoms with Gasteiger partial charge in [0.05, 0.1) is 27.8 Å². The number of carbonyl (C=O) groups is 2. The van der Waals surface area contributed by atoms with Crippen molar-refractivity contribution in [1.82, 2.24) is 4.90 Å². The van der Waals surface area contributed by atoms with E-state index in [4.69, 9.17) is 23.2 Å². The number of carbonyl (C=O) groups excluding carboxylic acids is 2. The largest absolute Gasteiger partial charge is 0.416 e. The van der Waals surface area contributed by atoms with Gasteiger partial charge < -0.3 is 10.2 Å². The Morgan fingerprint density at radius 1 is 0.906 bits per heavy atom. The van der Waals surface area contributed by atoms with Crippen molar-refractivity contribution in [2.24, 2.45) is 0 Å². The van der Waals surface area contributed by atoms with E-state index < -0.39 is 23.6 Å². The van der Waals surface area contributed by atoms with E-state index in [2.05, 4.69) is 5.32 Å². The zero-order valence-corrected chi connectivity index (χ0v) is 18.2. The van der Waals surface area contributed by atoms with Crippen molar-refractivity contribution in [2.75, 3.05) is 18.9 Å². The second-order valence-electron chi connectivity index (χ2n) is 6.93. The highest BCUT2D eigenvalue weighted by Gasteiger charge is 2.30. The van der Waals surface area contributed by atoms with E-state index in [-0.39, 0.29) is 27.8 Å². The third kappa shape index (κ3) is 5.41. The summed E-state index contributed by atoms with van der Waals surface area (Å²) in [5.74, 6) is -0.983. The lowest BCUT2D eigenvalue weighted by atomic mass is 9.98. The molecule has 0 aliphatic heterocycles. The van der Waals surface area contributed by atoms with Crippen LogP contribution in [0.2, 0.25) is 10.0 Å². The van der Waals surface area contributed by atoms with Gasteiger partial charge in [-0.05, 0) is 41.5 Å². The van der Waals surface area contributed by atoms with E-state index in [0.717, 1.165) is 12.1 Å². The van der Waals surface area contributed by atoms with Crippen LogP contribution in [-0.2, 0) is 11.0 Å². The molecule has 0 fully saturated rings. The average molecular weight is 481 g/mol. The number of nitrogens with zero attached hydrogens (tertiary/aromatic N) is 1. The lowest BCUT2D eigenvalue weighted by molar-refractivity contribution is -0.137. The number of nitrogens with one attached hydrogen (secondary N) is 1. The van der Waals surface area contributed by atoms with Crippen LogP contribution in [0.3, 0.4) is 0 Å². The van der Waals surface area contributed by atoms with Gasteiger partial charge in [-0.2, -0.15) is 13.2 Å². The highest BCUT2D eigenvalue weighted by molar-refractivity contribution is 6.39. The van der Waals surface area contributed by atoms with Crippen LogP contribution in [0, 0.1) is 0 Å². The molecule has 0 bridgehead atoms. The molecule has 3 aromatic carbocycles. The van der Waals surface area contributed by atoms with Gasteiger partial charge in [-0.1, -0.05) is 59.6 Å². The van der Waals surface area contributed by atoms with E-state index in [1.54, 1.807) is 42.5 Å². The quantitative estimate of drug-likeness (QED) is 0.459. The highest BCUT2D eigenvalue weighted by atomic mass is 35.5. The fourth-order valence-corrected chi connectivity index (χ4v) is 3.54. The van der Waals surface area contributed by atoms with Gasteiger partial charge in [-0.25, -0.2) is 0 Å². The summed E-state index contributed by atoms with van der Waals surface area (Å²) in [7, 11) is 1.44. The molecule has 0 atom stereocenters. The van der Waals surface area contributed by atoms with Crippen molar-refractivity contribution < 1.29 is 22.8 Å². The first-order chi connectivity index (χ1) is 15.1. The van der Waals surface area contributed by atoms with Crippen LogP contribution in [0.4, 0.5) is 18.9 Å². The smallest absolute Gasteiger partial charge is 0.332 e. The molecule has 3 rings (SSSR count). The van der Waals surface area contributed by atoms with Crippen LogP contribution in [0.1, 0.15) is 15.9 Å². The Balaban J connectivity index is 1.78. The van der Waals surface area contributed by atoms with Crippen LogP contribution in [0.5, 0.6) is 0 Å². The molecule has 3 aromatic rings. The maximum absolute atomic E-state index is 13.0. The molecule has 4 nitrogen and oxygen atoms in total. The predicted molar refractivity (Wildman–Crippen MR) is 119 cm³/mol. The number of halogens is 5. The molecule has 0 saturated heterocycles. The van der Waals surface area contributed by atoms with E-state index in [0.29, 0.717) is 11.1 Å². The van der Waals surface area contributed by atoms with Crippen LogP contribution in [0.15, 0.2) is 66.7 Å². The van der Waals surface area contributed by atoms with Crippen molar-refractivity contribution in [2.45, 2.75) is 6.18 Å². The Hall–Kier alpha value is -3.03. The molecule has 0 saturated carbocycles. The van der Waals surface area contributed by atoms with Crippen LogP contribution < -0.4 is 5.32 Å².